The first kappa shape index (κ1) is 15.9. The molecule has 0 unspecified atom stereocenters. The van der Waals surface area contributed by atoms with Crippen molar-refractivity contribution in [1.29, 1.82) is 10.5 Å². The van der Waals surface area contributed by atoms with Crippen LogP contribution in [-0.2, 0) is 4.79 Å². The first-order valence-corrected chi connectivity index (χ1v) is 5.83. The van der Waals surface area contributed by atoms with Crippen molar-refractivity contribution in [1.82, 2.24) is 0 Å². The topological polar surface area (TPSA) is 73.9 Å². The number of nitriles is 2. The van der Waals surface area contributed by atoms with E-state index in [1.54, 1.807) is 31.2 Å². The Morgan fingerprint density at radius 2 is 1.78 bits per heavy atom. The van der Waals surface area contributed by atoms with E-state index in [4.69, 9.17) is 15.3 Å². The maximum absolute atomic E-state index is 10.8. The minimum atomic E-state index is -0.211. The number of carbonyl (C=O) groups is 1. The molecule has 0 aromatic heterocycles. The molecule has 5 heteroatoms. The largest absolute Gasteiger partial charge is 0.427 e. The minimum Gasteiger partial charge on any atom is -0.427 e. The molecule has 0 heterocycles. The van der Waals surface area contributed by atoms with Gasteiger partial charge in [0, 0.05) is 23.0 Å². The molecule has 0 bridgehead atoms. The van der Waals surface area contributed by atoms with Crippen molar-refractivity contribution in [2.24, 2.45) is 0 Å². The fourth-order valence-corrected chi connectivity index (χ4v) is 1.05. The number of hydrogen-bond donors (Lipinski definition) is 0. The summed E-state index contributed by atoms with van der Waals surface area (Å²) < 4.78 is 5.93. The average Bonchev–Trinajstić information content (AvgIpc) is 2.39. The maximum atomic E-state index is 10.8. The summed E-state index contributed by atoms with van der Waals surface area (Å²) >= 11 is 3.29. The van der Waals surface area contributed by atoms with Crippen molar-refractivity contribution in [3.63, 3.8) is 0 Å². The third-order valence-corrected chi connectivity index (χ3v) is 2.10. The molecule has 1 aromatic rings. The second kappa shape index (κ2) is 10.1. The highest BCUT2D eigenvalue weighted by atomic mass is 79.9. The number of ether oxygens (including phenoxy) is 1. The summed E-state index contributed by atoms with van der Waals surface area (Å²) in [7, 11) is 0. The van der Waals surface area contributed by atoms with Gasteiger partial charge in [0.1, 0.15) is 5.75 Å². The molecular formula is C13H11BrN2O2. The molecular weight excluding hydrogens is 296 g/mol. The van der Waals surface area contributed by atoms with Gasteiger partial charge in [0.2, 0.25) is 0 Å². The predicted octanol–water partition coefficient (Wildman–Crippen LogP) is 3.35. The van der Waals surface area contributed by atoms with Crippen LogP contribution in [0.5, 0.6) is 5.75 Å². The van der Waals surface area contributed by atoms with Gasteiger partial charge >= 0.3 is 5.97 Å². The first-order chi connectivity index (χ1) is 8.63. The summed E-state index contributed by atoms with van der Waals surface area (Å²) in [5.74, 6) is 0.377. The fraction of sp³-hybridized carbons (Fsp3) is 0.154. The molecule has 0 N–H and O–H groups in total. The molecule has 92 valence electrons. The van der Waals surface area contributed by atoms with Crippen molar-refractivity contribution in [3.05, 3.63) is 40.9 Å². The highest BCUT2D eigenvalue weighted by molar-refractivity contribution is 9.10. The van der Waals surface area contributed by atoms with E-state index in [-0.39, 0.29) is 5.97 Å². The lowest BCUT2D eigenvalue weighted by Gasteiger charge is -2.01. The molecule has 1 aromatic carbocycles. The molecule has 0 saturated carbocycles. The van der Waals surface area contributed by atoms with Crippen molar-refractivity contribution >= 4 is 21.9 Å². The zero-order valence-corrected chi connectivity index (χ0v) is 11.3. The zero-order chi connectivity index (χ0) is 13.8. The average molecular weight is 307 g/mol. The highest BCUT2D eigenvalue weighted by Crippen LogP contribution is 2.16. The molecule has 0 amide bonds. The Morgan fingerprint density at radius 1 is 1.28 bits per heavy atom. The lowest BCUT2D eigenvalue weighted by atomic mass is 10.3. The van der Waals surface area contributed by atoms with Crippen LogP contribution < -0.4 is 4.74 Å². The Labute approximate surface area is 114 Å². The van der Waals surface area contributed by atoms with Gasteiger partial charge in [0.25, 0.3) is 0 Å². The Balaban J connectivity index is 0.000000411. The van der Waals surface area contributed by atoms with Gasteiger partial charge < -0.3 is 4.74 Å². The van der Waals surface area contributed by atoms with Crippen LogP contribution in [0.4, 0.5) is 0 Å². The van der Waals surface area contributed by atoms with Gasteiger partial charge in [-0.3, -0.25) is 4.79 Å². The van der Waals surface area contributed by atoms with Gasteiger partial charge in [-0.2, -0.15) is 10.5 Å². The SMILES string of the molecule is CCC(=O)Oc1ccc(Br)cc1.N#CC=CC#N. The van der Waals surface area contributed by atoms with E-state index >= 15 is 0 Å². The smallest absolute Gasteiger partial charge is 0.310 e. The molecule has 4 nitrogen and oxygen atoms in total. The molecule has 0 atom stereocenters. The van der Waals surface area contributed by atoms with Crippen LogP contribution in [0.15, 0.2) is 40.9 Å². The number of halogens is 1. The van der Waals surface area contributed by atoms with Gasteiger partial charge in [0.05, 0.1) is 12.1 Å². The molecule has 0 aliphatic carbocycles. The standard InChI is InChI=1S/C9H9BrO2.C4H2N2/c1-2-9(11)12-8-5-3-7(10)4-6-8;5-3-1-2-4-6/h3-6H,2H2,1H3;1-2H. The molecule has 0 saturated heterocycles. The second-order valence-electron chi connectivity index (χ2n) is 2.87. The first-order valence-electron chi connectivity index (χ1n) is 5.04. The van der Waals surface area contributed by atoms with E-state index in [9.17, 15) is 4.79 Å². The quantitative estimate of drug-likeness (QED) is 0.477. The number of hydrogen-bond acceptors (Lipinski definition) is 4. The van der Waals surface area contributed by atoms with Gasteiger partial charge in [0.15, 0.2) is 0 Å². The molecule has 0 fully saturated rings. The Hall–Kier alpha value is -2.11. The summed E-state index contributed by atoms with van der Waals surface area (Å²) in [6.07, 6.45) is 2.65. The molecule has 0 radical (unpaired) electrons. The minimum absolute atomic E-state index is 0.211. The molecule has 0 aliphatic heterocycles. The molecule has 1 rings (SSSR count). The summed E-state index contributed by atoms with van der Waals surface area (Å²) in [5, 5.41) is 15.4. The van der Waals surface area contributed by atoms with E-state index in [0.717, 1.165) is 16.6 Å². The predicted molar refractivity (Wildman–Crippen MR) is 70.4 cm³/mol. The van der Waals surface area contributed by atoms with Crippen molar-refractivity contribution in [2.45, 2.75) is 13.3 Å². The molecule has 0 spiro atoms. The van der Waals surface area contributed by atoms with Gasteiger partial charge in [-0.15, -0.1) is 0 Å². The lowest BCUT2D eigenvalue weighted by molar-refractivity contribution is -0.134. The third-order valence-electron chi connectivity index (χ3n) is 1.57. The van der Waals surface area contributed by atoms with Gasteiger partial charge in [-0.25, -0.2) is 0 Å². The van der Waals surface area contributed by atoms with E-state index < -0.39 is 0 Å². The normalized spacial score (nSPS) is 8.67. The van der Waals surface area contributed by atoms with E-state index in [2.05, 4.69) is 15.9 Å². The summed E-state index contributed by atoms with van der Waals surface area (Å²) in [5.41, 5.74) is 0. The van der Waals surface area contributed by atoms with E-state index in [1.807, 2.05) is 12.1 Å². The Kier molecular flexibility index (Phi) is 8.89. The van der Waals surface area contributed by atoms with Crippen LogP contribution in [0.3, 0.4) is 0 Å². The summed E-state index contributed by atoms with van der Waals surface area (Å²) in [6.45, 7) is 1.77. The lowest BCUT2D eigenvalue weighted by Crippen LogP contribution is -2.04. The maximum Gasteiger partial charge on any atom is 0.310 e. The zero-order valence-electron chi connectivity index (χ0n) is 9.76. The Bertz CT molecular complexity index is 465. The summed E-state index contributed by atoms with van der Waals surface area (Å²) in [4.78, 5) is 10.8. The van der Waals surface area contributed by atoms with Gasteiger partial charge in [-0.1, -0.05) is 22.9 Å². The Morgan fingerprint density at radius 3 is 2.17 bits per heavy atom. The monoisotopic (exact) mass is 306 g/mol. The van der Waals surface area contributed by atoms with Gasteiger partial charge in [-0.05, 0) is 24.3 Å². The number of esters is 1. The molecule has 0 aliphatic rings. The van der Waals surface area contributed by atoms with E-state index in [0.29, 0.717) is 12.2 Å². The van der Waals surface area contributed by atoms with Crippen LogP contribution in [0.2, 0.25) is 0 Å². The molecule has 18 heavy (non-hydrogen) atoms. The van der Waals surface area contributed by atoms with Crippen molar-refractivity contribution < 1.29 is 9.53 Å². The highest BCUT2D eigenvalue weighted by Gasteiger charge is 1.99. The number of carbonyl (C=O) groups excluding carboxylic acids is 1. The number of rotatable bonds is 2. The van der Waals surface area contributed by atoms with Crippen LogP contribution in [-0.4, -0.2) is 5.97 Å². The fourth-order valence-electron chi connectivity index (χ4n) is 0.781. The van der Waals surface area contributed by atoms with Crippen molar-refractivity contribution in [2.75, 3.05) is 0 Å². The summed E-state index contributed by atoms with van der Waals surface area (Å²) in [6, 6.07) is 10.5. The second-order valence-corrected chi connectivity index (χ2v) is 3.79. The number of allylic oxidation sites excluding steroid dienone is 2. The number of nitrogens with zero attached hydrogens (tertiary/aromatic N) is 2. The third kappa shape index (κ3) is 8.09. The number of benzene rings is 1. The van der Waals surface area contributed by atoms with Crippen molar-refractivity contribution in [3.8, 4) is 17.9 Å². The van der Waals surface area contributed by atoms with E-state index in [1.165, 1.54) is 0 Å². The van der Waals surface area contributed by atoms with Crippen LogP contribution in [0.1, 0.15) is 13.3 Å². The van der Waals surface area contributed by atoms with Crippen LogP contribution >= 0.6 is 15.9 Å². The van der Waals surface area contributed by atoms with Crippen LogP contribution in [0, 0.1) is 22.7 Å². The van der Waals surface area contributed by atoms with Crippen LogP contribution in [0.25, 0.3) is 0 Å².